The maximum Gasteiger partial charge on any atom is 0.330 e. The molecule has 12 nitrogen and oxygen atoms in total. The van der Waals surface area contributed by atoms with Gasteiger partial charge in [0.1, 0.15) is 12.2 Å². The smallest absolute Gasteiger partial charge is 0.330 e. The summed E-state index contributed by atoms with van der Waals surface area (Å²) in [5, 5.41) is 0. The first kappa shape index (κ1) is 36.4. The predicted molar refractivity (Wildman–Crippen MR) is 138 cm³/mol. The number of rotatable bonds is 28. The second-order valence-electron chi connectivity index (χ2n) is 8.61. The summed E-state index contributed by atoms with van der Waals surface area (Å²) in [6, 6.07) is 0. The van der Waals surface area contributed by atoms with E-state index in [4.69, 9.17) is 47.4 Å². The number of carbonyl (C=O) groups excluding carboxylic acids is 2. The Morgan fingerprint density at radius 1 is 0.526 bits per heavy atom. The minimum Gasteiger partial charge on any atom is -0.460 e. The second kappa shape index (κ2) is 26.9. The van der Waals surface area contributed by atoms with E-state index < -0.39 is 11.6 Å². The molecule has 38 heavy (non-hydrogen) atoms. The third-order valence-corrected chi connectivity index (χ3v) is 4.11. The van der Waals surface area contributed by atoms with Gasteiger partial charge in [-0.2, -0.15) is 0 Å². The number of hydrogen-bond donors (Lipinski definition) is 0. The molecule has 0 rings (SSSR count). The van der Waals surface area contributed by atoms with E-state index in [1.807, 2.05) is 20.8 Å². The zero-order valence-electron chi connectivity index (χ0n) is 23.4. The van der Waals surface area contributed by atoms with Crippen LogP contribution in [0.1, 0.15) is 27.2 Å². The van der Waals surface area contributed by atoms with Gasteiger partial charge in [0.15, 0.2) is 0 Å². The number of carbonyl (C=O) groups is 2. The third kappa shape index (κ3) is 30.6. The lowest BCUT2D eigenvalue weighted by atomic mass is 10.2. The highest BCUT2D eigenvalue weighted by atomic mass is 16.6. The zero-order valence-corrected chi connectivity index (χ0v) is 23.4. The van der Waals surface area contributed by atoms with Crippen molar-refractivity contribution in [2.24, 2.45) is 0 Å². The van der Waals surface area contributed by atoms with Crippen molar-refractivity contribution in [1.29, 1.82) is 0 Å². The van der Waals surface area contributed by atoms with Crippen molar-refractivity contribution in [3.63, 3.8) is 0 Å². The van der Waals surface area contributed by atoms with Crippen LogP contribution < -0.4 is 0 Å². The van der Waals surface area contributed by atoms with E-state index in [1.54, 1.807) is 0 Å². The molecule has 0 atom stereocenters. The van der Waals surface area contributed by atoms with Crippen LogP contribution in [0.25, 0.3) is 0 Å². The summed E-state index contributed by atoms with van der Waals surface area (Å²) in [7, 11) is 0. The summed E-state index contributed by atoms with van der Waals surface area (Å²) in [4.78, 5) is 22.3. The van der Waals surface area contributed by atoms with Gasteiger partial charge in [-0.3, -0.25) is 4.79 Å². The van der Waals surface area contributed by atoms with Gasteiger partial charge >= 0.3 is 11.9 Å². The molecule has 0 aromatic heterocycles. The average molecular weight is 553 g/mol. The molecule has 0 heterocycles. The van der Waals surface area contributed by atoms with Gasteiger partial charge in [0.05, 0.1) is 112 Å². The molecule has 0 bridgehead atoms. The molecule has 0 aliphatic rings. The molecule has 0 spiro atoms. The normalized spacial score (nSPS) is 11.4. The van der Waals surface area contributed by atoms with Crippen LogP contribution in [-0.4, -0.2) is 130 Å². The molecule has 224 valence electrons. The van der Waals surface area contributed by atoms with Crippen molar-refractivity contribution in [3.05, 3.63) is 12.7 Å². The first-order valence-corrected chi connectivity index (χ1v) is 13.0. The van der Waals surface area contributed by atoms with Gasteiger partial charge in [0, 0.05) is 6.08 Å². The SMILES string of the molecule is C=CC(=O)OCCOCCOCCOCCOCCOCCOCCOCCOCCC(=O)OC(C)(C)C. The molecule has 0 aromatic carbocycles. The van der Waals surface area contributed by atoms with Crippen molar-refractivity contribution < 1.29 is 57.0 Å². The fraction of sp³-hybridized carbons (Fsp3) is 0.846. The van der Waals surface area contributed by atoms with E-state index in [1.165, 1.54) is 0 Å². The van der Waals surface area contributed by atoms with Gasteiger partial charge in [-0.25, -0.2) is 4.79 Å². The molecule has 0 aliphatic carbocycles. The Kier molecular flexibility index (Phi) is 25.8. The first-order valence-electron chi connectivity index (χ1n) is 13.0. The summed E-state index contributed by atoms with van der Waals surface area (Å²) in [6.07, 6.45) is 1.34. The van der Waals surface area contributed by atoms with Crippen LogP contribution >= 0.6 is 0 Å². The van der Waals surface area contributed by atoms with Gasteiger partial charge in [0.2, 0.25) is 0 Å². The summed E-state index contributed by atoms with van der Waals surface area (Å²) >= 11 is 0. The summed E-state index contributed by atoms with van der Waals surface area (Å²) < 4.78 is 53.0. The molecule has 0 saturated carbocycles. The van der Waals surface area contributed by atoms with Gasteiger partial charge in [-0.05, 0) is 20.8 Å². The van der Waals surface area contributed by atoms with E-state index >= 15 is 0 Å². The van der Waals surface area contributed by atoms with Crippen molar-refractivity contribution in [2.75, 3.05) is 112 Å². The third-order valence-electron chi connectivity index (χ3n) is 4.11. The van der Waals surface area contributed by atoms with Gasteiger partial charge in [-0.15, -0.1) is 0 Å². The first-order chi connectivity index (χ1) is 18.3. The topological polar surface area (TPSA) is 126 Å². The summed E-state index contributed by atoms with van der Waals surface area (Å²) in [5.41, 5.74) is -0.474. The van der Waals surface area contributed by atoms with Gasteiger partial charge in [0.25, 0.3) is 0 Å². The van der Waals surface area contributed by atoms with E-state index in [2.05, 4.69) is 6.58 Å². The molecule has 0 N–H and O–H groups in total. The Hall–Kier alpha value is -1.64. The molecular weight excluding hydrogens is 504 g/mol. The quantitative estimate of drug-likeness (QED) is 0.0794. The highest BCUT2D eigenvalue weighted by Crippen LogP contribution is 2.08. The van der Waals surface area contributed by atoms with E-state index in [-0.39, 0.29) is 19.0 Å². The van der Waals surface area contributed by atoms with Crippen LogP contribution in [0.15, 0.2) is 12.7 Å². The highest BCUT2D eigenvalue weighted by Gasteiger charge is 2.15. The maximum absolute atomic E-state index is 11.5. The minimum absolute atomic E-state index is 0.196. The monoisotopic (exact) mass is 552 g/mol. The van der Waals surface area contributed by atoms with Crippen LogP contribution in [0.4, 0.5) is 0 Å². The Balaban J connectivity index is 3.12. The molecule has 0 aliphatic heterocycles. The lowest BCUT2D eigenvalue weighted by Gasteiger charge is -2.19. The Labute approximate surface area is 227 Å². The van der Waals surface area contributed by atoms with Crippen molar-refractivity contribution in [2.45, 2.75) is 32.8 Å². The Bertz CT molecular complexity index is 565. The summed E-state index contributed by atoms with van der Waals surface area (Å²) in [6.45, 7) is 16.1. The lowest BCUT2D eigenvalue weighted by molar-refractivity contribution is -0.156. The van der Waals surface area contributed by atoms with Crippen LogP contribution in [0.3, 0.4) is 0 Å². The maximum atomic E-state index is 11.5. The van der Waals surface area contributed by atoms with Gasteiger partial charge < -0.3 is 47.4 Å². The van der Waals surface area contributed by atoms with Crippen LogP contribution in [-0.2, 0) is 57.0 Å². The predicted octanol–water partition coefficient (Wildman–Crippen LogP) is 1.58. The van der Waals surface area contributed by atoms with Crippen molar-refractivity contribution >= 4 is 11.9 Å². The van der Waals surface area contributed by atoms with Gasteiger partial charge in [-0.1, -0.05) is 6.58 Å². The Morgan fingerprint density at radius 3 is 1.11 bits per heavy atom. The number of hydrogen-bond acceptors (Lipinski definition) is 12. The van der Waals surface area contributed by atoms with Crippen LogP contribution in [0, 0.1) is 0 Å². The van der Waals surface area contributed by atoms with Crippen molar-refractivity contribution in [3.8, 4) is 0 Å². The van der Waals surface area contributed by atoms with Crippen LogP contribution in [0.2, 0.25) is 0 Å². The molecule has 0 unspecified atom stereocenters. The molecule has 0 saturated heterocycles. The molecule has 0 fully saturated rings. The molecule has 0 amide bonds. The fourth-order valence-corrected chi connectivity index (χ4v) is 2.45. The van der Waals surface area contributed by atoms with Crippen LogP contribution in [0.5, 0.6) is 0 Å². The lowest BCUT2D eigenvalue weighted by Crippen LogP contribution is -2.24. The molecule has 0 radical (unpaired) electrons. The zero-order chi connectivity index (χ0) is 28.2. The average Bonchev–Trinajstić information content (AvgIpc) is 2.87. The van der Waals surface area contributed by atoms with E-state index in [9.17, 15) is 9.59 Å². The molecule has 0 aromatic rings. The molecule has 12 heteroatoms. The summed E-state index contributed by atoms with van der Waals surface area (Å²) in [5.74, 6) is -0.730. The standard InChI is InChI=1S/C26H48O12/c1-5-24(27)37-23-22-36-21-20-35-19-18-34-17-16-33-15-14-32-13-12-31-11-10-30-9-8-29-7-6-25(28)38-26(2,3)4/h5H,1,6-23H2,2-4H3. The Morgan fingerprint density at radius 2 is 0.816 bits per heavy atom. The van der Waals surface area contributed by atoms with Crippen molar-refractivity contribution in [1.82, 2.24) is 0 Å². The molecular formula is C26H48O12. The van der Waals surface area contributed by atoms with E-state index in [0.29, 0.717) is 106 Å². The minimum atomic E-state index is -0.474. The number of ether oxygens (including phenoxy) is 10. The second-order valence-corrected chi connectivity index (χ2v) is 8.61. The highest BCUT2D eigenvalue weighted by molar-refractivity contribution is 5.81. The number of esters is 2. The van der Waals surface area contributed by atoms with E-state index in [0.717, 1.165) is 6.08 Å². The fourth-order valence-electron chi connectivity index (χ4n) is 2.45. The largest absolute Gasteiger partial charge is 0.460 e.